The molecule has 0 bridgehead atoms. The molecule has 0 saturated heterocycles. The normalized spacial score (nSPS) is 17.6. The average molecular weight is 304 g/mol. The van der Waals surface area contributed by atoms with E-state index in [4.69, 9.17) is 4.74 Å². The van der Waals surface area contributed by atoms with Gasteiger partial charge in [-0.3, -0.25) is 0 Å². The number of hydrogen-bond acceptors (Lipinski definition) is 3. The van der Waals surface area contributed by atoms with Crippen molar-refractivity contribution in [2.24, 2.45) is 0 Å². The molecule has 1 aliphatic rings. The van der Waals surface area contributed by atoms with E-state index in [0.717, 1.165) is 12.1 Å². The predicted molar refractivity (Wildman–Crippen MR) is 66.2 cm³/mol. The van der Waals surface area contributed by atoms with Gasteiger partial charge in [0.2, 0.25) is 6.10 Å². The zero-order chi connectivity index (χ0) is 15.8. The molecule has 2 rings (SSSR count). The Labute approximate surface area is 118 Å². The molecule has 1 unspecified atom stereocenters. The number of halogens is 4. The largest absolute Gasteiger partial charge is 0.475 e. The lowest BCUT2D eigenvalue weighted by Crippen LogP contribution is -2.40. The highest BCUT2D eigenvalue weighted by molar-refractivity contribution is 5.96. The number of carbonyl (C=O) groups excluding carboxylic acids is 1. The summed E-state index contributed by atoms with van der Waals surface area (Å²) in [4.78, 5) is 11.7. The molecule has 0 N–H and O–H groups in total. The number of hydrogen-bond donors (Lipinski definition) is 0. The Kier molecular flexibility index (Phi) is 3.93. The topological polar surface area (TPSA) is 35.5 Å². The summed E-state index contributed by atoms with van der Waals surface area (Å²) >= 11 is 0. The first kappa shape index (κ1) is 15.3. The average Bonchev–Trinajstić information content (AvgIpc) is 2.38. The number of alkyl halides is 3. The van der Waals surface area contributed by atoms with Gasteiger partial charge in [0.15, 0.2) is 0 Å². The Bertz CT molecular complexity index is 605. The lowest BCUT2D eigenvalue weighted by atomic mass is 9.99. The minimum absolute atomic E-state index is 0.0595. The molecule has 1 heterocycles. The molecule has 0 saturated carbocycles. The first-order valence-corrected chi connectivity index (χ1v) is 6.16. The third kappa shape index (κ3) is 3.01. The number of benzene rings is 1. The summed E-state index contributed by atoms with van der Waals surface area (Å²) in [6, 6.07) is 2.19. The molecule has 0 aromatic heterocycles. The van der Waals surface area contributed by atoms with Crippen LogP contribution in [0.1, 0.15) is 18.1 Å². The molecule has 1 aromatic carbocycles. The molecular weight excluding hydrogens is 292 g/mol. The van der Waals surface area contributed by atoms with Gasteiger partial charge in [0.05, 0.1) is 12.2 Å². The van der Waals surface area contributed by atoms with Crippen molar-refractivity contribution >= 4 is 12.0 Å². The maximum absolute atomic E-state index is 13.4. The molecule has 1 atom stereocenters. The van der Waals surface area contributed by atoms with Gasteiger partial charge in [0.1, 0.15) is 11.6 Å². The Balaban J connectivity index is 2.52. The summed E-state index contributed by atoms with van der Waals surface area (Å²) in [7, 11) is 0. The smallest absolute Gasteiger partial charge is 0.430 e. The molecule has 21 heavy (non-hydrogen) atoms. The van der Waals surface area contributed by atoms with E-state index in [2.05, 4.69) is 4.74 Å². The minimum Gasteiger partial charge on any atom is -0.475 e. The summed E-state index contributed by atoms with van der Waals surface area (Å²) in [6.07, 6.45) is -6.25. The van der Waals surface area contributed by atoms with Crippen LogP contribution in [0.2, 0.25) is 0 Å². The number of aryl methyl sites for hydroxylation is 1. The maximum atomic E-state index is 13.4. The molecule has 0 spiro atoms. The third-order valence-corrected chi connectivity index (χ3v) is 2.94. The van der Waals surface area contributed by atoms with E-state index < -0.39 is 29.6 Å². The number of rotatable bonds is 2. The highest BCUT2D eigenvalue weighted by Crippen LogP contribution is 2.38. The summed E-state index contributed by atoms with van der Waals surface area (Å²) in [6.45, 7) is 2.89. The van der Waals surface area contributed by atoms with Gasteiger partial charge in [-0.05, 0) is 31.6 Å². The van der Waals surface area contributed by atoms with Crippen molar-refractivity contribution in [3.05, 3.63) is 34.6 Å². The van der Waals surface area contributed by atoms with Crippen LogP contribution in [0.3, 0.4) is 0 Å². The Hall–Kier alpha value is -2.05. The Morgan fingerprint density at radius 1 is 1.38 bits per heavy atom. The van der Waals surface area contributed by atoms with E-state index in [1.807, 2.05) is 0 Å². The second-order valence-electron chi connectivity index (χ2n) is 4.50. The number of ether oxygens (including phenoxy) is 2. The SMILES string of the molecule is CCOC(=O)C1=Cc2cc(C)c(F)cc2OC1C(F)(F)F. The fourth-order valence-electron chi connectivity index (χ4n) is 1.96. The van der Waals surface area contributed by atoms with E-state index in [9.17, 15) is 22.4 Å². The standard InChI is InChI=1S/C14H12F4O3/c1-3-20-13(19)9-5-8-4-7(2)10(15)6-11(8)21-12(9)14(16,17)18/h4-6,12H,3H2,1-2H3. The van der Waals surface area contributed by atoms with E-state index in [0.29, 0.717) is 0 Å². The molecule has 0 amide bonds. The first-order chi connectivity index (χ1) is 9.74. The third-order valence-electron chi connectivity index (χ3n) is 2.94. The van der Waals surface area contributed by atoms with Gasteiger partial charge in [-0.15, -0.1) is 0 Å². The van der Waals surface area contributed by atoms with Gasteiger partial charge in [-0.2, -0.15) is 13.2 Å². The number of fused-ring (bicyclic) bond motifs is 1. The van der Waals surface area contributed by atoms with Crippen LogP contribution in [0, 0.1) is 12.7 Å². The monoisotopic (exact) mass is 304 g/mol. The van der Waals surface area contributed by atoms with Crippen LogP contribution in [0.25, 0.3) is 6.08 Å². The fourth-order valence-corrected chi connectivity index (χ4v) is 1.96. The van der Waals surface area contributed by atoms with E-state index in [1.54, 1.807) is 0 Å². The molecule has 3 nitrogen and oxygen atoms in total. The molecule has 0 aliphatic carbocycles. The van der Waals surface area contributed by atoms with Crippen molar-refractivity contribution in [1.82, 2.24) is 0 Å². The second kappa shape index (κ2) is 5.38. The van der Waals surface area contributed by atoms with Crippen LogP contribution < -0.4 is 4.74 Å². The molecule has 1 aliphatic heterocycles. The Morgan fingerprint density at radius 2 is 2.05 bits per heavy atom. The van der Waals surface area contributed by atoms with Gasteiger partial charge in [-0.25, -0.2) is 9.18 Å². The van der Waals surface area contributed by atoms with Gasteiger partial charge in [0, 0.05) is 11.6 Å². The van der Waals surface area contributed by atoms with Gasteiger partial charge >= 0.3 is 12.1 Å². The van der Waals surface area contributed by atoms with E-state index in [-0.39, 0.29) is 23.5 Å². The zero-order valence-corrected chi connectivity index (χ0v) is 11.3. The quantitative estimate of drug-likeness (QED) is 0.620. The van der Waals surface area contributed by atoms with Crippen LogP contribution in [-0.2, 0) is 9.53 Å². The van der Waals surface area contributed by atoms with Gasteiger partial charge in [-0.1, -0.05) is 0 Å². The summed E-state index contributed by atoms with van der Waals surface area (Å²) in [5.41, 5.74) is -0.206. The highest BCUT2D eigenvalue weighted by Gasteiger charge is 2.48. The van der Waals surface area contributed by atoms with Crippen molar-refractivity contribution < 1.29 is 31.8 Å². The summed E-state index contributed by atoms with van der Waals surface area (Å²) < 4.78 is 61.8. The van der Waals surface area contributed by atoms with E-state index >= 15 is 0 Å². The van der Waals surface area contributed by atoms with Crippen molar-refractivity contribution in [1.29, 1.82) is 0 Å². The molecular formula is C14H12F4O3. The molecule has 114 valence electrons. The Morgan fingerprint density at radius 3 is 2.62 bits per heavy atom. The number of esters is 1. The predicted octanol–water partition coefficient (Wildman–Crippen LogP) is 3.40. The van der Waals surface area contributed by atoms with E-state index in [1.165, 1.54) is 19.9 Å². The van der Waals surface area contributed by atoms with Crippen LogP contribution in [0.5, 0.6) is 5.75 Å². The van der Waals surface area contributed by atoms with Crippen LogP contribution in [0.4, 0.5) is 17.6 Å². The minimum atomic E-state index is -4.81. The highest BCUT2D eigenvalue weighted by atomic mass is 19.4. The van der Waals surface area contributed by atoms with Crippen molar-refractivity contribution in [3.63, 3.8) is 0 Å². The second-order valence-corrected chi connectivity index (χ2v) is 4.50. The number of carbonyl (C=O) groups is 1. The van der Waals surface area contributed by atoms with Gasteiger partial charge < -0.3 is 9.47 Å². The summed E-state index contributed by atoms with van der Waals surface area (Å²) in [5.74, 6) is -2.04. The van der Waals surface area contributed by atoms with Crippen molar-refractivity contribution in [3.8, 4) is 5.75 Å². The van der Waals surface area contributed by atoms with Crippen molar-refractivity contribution in [2.75, 3.05) is 6.61 Å². The zero-order valence-electron chi connectivity index (χ0n) is 11.3. The van der Waals surface area contributed by atoms with Crippen LogP contribution in [-0.4, -0.2) is 24.9 Å². The summed E-state index contributed by atoms with van der Waals surface area (Å²) in [5, 5.41) is 0. The van der Waals surface area contributed by atoms with Crippen molar-refractivity contribution in [2.45, 2.75) is 26.1 Å². The first-order valence-electron chi connectivity index (χ1n) is 6.16. The molecule has 0 radical (unpaired) electrons. The lowest BCUT2D eigenvalue weighted by molar-refractivity contribution is -0.187. The molecule has 7 heteroatoms. The van der Waals surface area contributed by atoms with Crippen LogP contribution >= 0.6 is 0 Å². The fraction of sp³-hybridized carbons (Fsp3) is 0.357. The maximum Gasteiger partial charge on any atom is 0.430 e. The lowest BCUT2D eigenvalue weighted by Gasteiger charge is -2.28. The molecule has 0 fully saturated rings. The van der Waals surface area contributed by atoms with Gasteiger partial charge in [0.25, 0.3) is 0 Å². The molecule has 1 aromatic rings. The van der Waals surface area contributed by atoms with Crippen LogP contribution in [0.15, 0.2) is 17.7 Å².